The summed E-state index contributed by atoms with van der Waals surface area (Å²) in [7, 11) is -3.67. The van der Waals surface area contributed by atoms with Crippen LogP contribution in [0.3, 0.4) is 0 Å². The number of benzene rings is 1. The van der Waals surface area contributed by atoms with Crippen LogP contribution in [0.2, 0.25) is 0 Å². The van der Waals surface area contributed by atoms with Crippen LogP contribution < -0.4 is 4.74 Å². The van der Waals surface area contributed by atoms with Crippen molar-refractivity contribution in [1.29, 1.82) is 0 Å². The standard InChI is InChI=1S/C15H23NO4S/c1-5-20-13-7-6-11(2)8-14(13)21(18,19)16-9-12(3)15(4,17)10-16/h6-8,12,17H,5,9-10H2,1-4H3/t12-,15+/m0/s1. The lowest BCUT2D eigenvalue weighted by Crippen LogP contribution is -2.35. The molecule has 1 aliphatic rings. The van der Waals surface area contributed by atoms with Crippen molar-refractivity contribution in [3.63, 3.8) is 0 Å². The summed E-state index contributed by atoms with van der Waals surface area (Å²) in [5.41, 5.74) is -0.140. The van der Waals surface area contributed by atoms with E-state index in [0.29, 0.717) is 18.9 Å². The fourth-order valence-electron chi connectivity index (χ4n) is 2.49. The molecule has 1 fully saturated rings. The number of aliphatic hydroxyl groups is 1. The van der Waals surface area contributed by atoms with Gasteiger partial charge in [0.25, 0.3) is 0 Å². The summed E-state index contributed by atoms with van der Waals surface area (Å²) in [6.07, 6.45) is 0. The van der Waals surface area contributed by atoms with Crippen molar-refractivity contribution in [3.8, 4) is 5.75 Å². The van der Waals surface area contributed by atoms with E-state index < -0.39 is 15.6 Å². The first kappa shape index (κ1) is 16.3. The summed E-state index contributed by atoms with van der Waals surface area (Å²) in [5.74, 6) is 0.259. The first-order valence-corrected chi connectivity index (χ1v) is 8.58. The third-order valence-electron chi connectivity index (χ3n) is 4.05. The SMILES string of the molecule is CCOc1ccc(C)cc1S(=O)(=O)N1C[C@H](C)[C@](C)(O)C1. The minimum absolute atomic E-state index is 0.104. The molecule has 1 saturated heterocycles. The summed E-state index contributed by atoms with van der Waals surface area (Å²) in [5, 5.41) is 10.2. The molecule has 0 saturated carbocycles. The van der Waals surface area contributed by atoms with E-state index in [1.54, 1.807) is 19.1 Å². The van der Waals surface area contributed by atoms with Crippen molar-refractivity contribution < 1.29 is 18.3 Å². The average molecular weight is 313 g/mol. The van der Waals surface area contributed by atoms with Gasteiger partial charge in [-0.3, -0.25) is 0 Å². The molecule has 0 aliphatic carbocycles. The molecule has 1 aromatic carbocycles. The first-order chi connectivity index (χ1) is 9.68. The number of rotatable bonds is 4. The largest absolute Gasteiger partial charge is 0.492 e. The molecular formula is C15H23NO4S. The highest BCUT2D eigenvalue weighted by atomic mass is 32.2. The molecule has 6 heteroatoms. The predicted octanol–water partition coefficient (Wildman–Crippen LogP) is 1.79. The van der Waals surface area contributed by atoms with Crippen molar-refractivity contribution in [2.24, 2.45) is 5.92 Å². The molecule has 1 heterocycles. The van der Waals surface area contributed by atoms with Crippen molar-refractivity contribution in [1.82, 2.24) is 4.31 Å². The Bertz CT molecular complexity index is 625. The van der Waals surface area contributed by atoms with Gasteiger partial charge in [0.1, 0.15) is 10.6 Å². The van der Waals surface area contributed by atoms with Gasteiger partial charge < -0.3 is 9.84 Å². The van der Waals surface area contributed by atoms with E-state index >= 15 is 0 Å². The van der Waals surface area contributed by atoms with Crippen LogP contribution in [0.5, 0.6) is 5.75 Å². The summed E-state index contributed by atoms with van der Waals surface area (Å²) in [6, 6.07) is 5.13. The fourth-order valence-corrected chi connectivity index (χ4v) is 4.34. The Kier molecular flexibility index (Phi) is 4.33. The van der Waals surface area contributed by atoms with E-state index in [1.807, 2.05) is 26.8 Å². The Morgan fingerprint density at radius 2 is 2.14 bits per heavy atom. The van der Waals surface area contributed by atoms with Crippen LogP contribution in [0, 0.1) is 12.8 Å². The summed E-state index contributed by atoms with van der Waals surface area (Å²) in [4.78, 5) is 0.175. The quantitative estimate of drug-likeness (QED) is 0.920. The second-order valence-corrected chi connectivity index (χ2v) is 7.85. The van der Waals surface area contributed by atoms with Gasteiger partial charge in [0.2, 0.25) is 10.0 Å². The minimum Gasteiger partial charge on any atom is -0.492 e. The van der Waals surface area contributed by atoms with Gasteiger partial charge in [0.15, 0.2) is 0 Å². The molecule has 1 N–H and O–H groups in total. The molecular weight excluding hydrogens is 290 g/mol. The van der Waals surface area contributed by atoms with Crippen molar-refractivity contribution >= 4 is 10.0 Å². The number of ether oxygens (including phenoxy) is 1. The molecule has 1 aliphatic heterocycles. The zero-order valence-corrected chi connectivity index (χ0v) is 13.8. The number of nitrogens with zero attached hydrogens (tertiary/aromatic N) is 1. The summed E-state index contributed by atoms with van der Waals surface area (Å²) in [6.45, 7) is 8.02. The zero-order valence-electron chi connectivity index (χ0n) is 13.0. The Balaban J connectivity index is 2.43. The van der Waals surface area contributed by atoms with Gasteiger partial charge in [0, 0.05) is 13.1 Å². The van der Waals surface area contributed by atoms with Crippen LogP contribution in [-0.4, -0.2) is 43.1 Å². The molecule has 0 bridgehead atoms. The van der Waals surface area contributed by atoms with Gasteiger partial charge in [-0.15, -0.1) is 0 Å². The van der Waals surface area contributed by atoms with Gasteiger partial charge in [-0.2, -0.15) is 4.31 Å². The van der Waals surface area contributed by atoms with E-state index in [1.165, 1.54) is 4.31 Å². The van der Waals surface area contributed by atoms with Gasteiger partial charge in [-0.1, -0.05) is 13.0 Å². The van der Waals surface area contributed by atoms with Crippen LogP contribution in [-0.2, 0) is 10.0 Å². The lowest BCUT2D eigenvalue weighted by molar-refractivity contribution is 0.0404. The van der Waals surface area contributed by atoms with Crippen LogP contribution in [0.15, 0.2) is 23.1 Å². The van der Waals surface area contributed by atoms with E-state index in [9.17, 15) is 13.5 Å². The van der Waals surface area contributed by atoms with E-state index in [2.05, 4.69) is 0 Å². The second kappa shape index (κ2) is 5.59. The Labute approximate surface area is 126 Å². The Hall–Kier alpha value is -1.11. The average Bonchev–Trinajstić information content (AvgIpc) is 2.67. The highest BCUT2D eigenvalue weighted by Crippen LogP contribution is 2.34. The molecule has 0 spiro atoms. The monoisotopic (exact) mass is 313 g/mol. The predicted molar refractivity (Wildman–Crippen MR) is 80.9 cm³/mol. The molecule has 118 valence electrons. The maximum Gasteiger partial charge on any atom is 0.246 e. The molecule has 0 aromatic heterocycles. The topological polar surface area (TPSA) is 66.8 Å². The third-order valence-corrected chi connectivity index (χ3v) is 5.89. The van der Waals surface area contributed by atoms with Crippen LogP contribution in [0.1, 0.15) is 26.3 Å². The molecule has 2 rings (SSSR count). The first-order valence-electron chi connectivity index (χ1n) is 7.14. The lowest BCUT2D eigenvalue weighted by atomic mass is 9.95. The fraction of sp³-hybridized carbons (Fsp3) is 0.600. The van der Waals surface area contributed by atoms with Crippen LogP contribution >= 0.6 is 0 Å². The van der Waals surface area contributed by atoms with Crippen molar-refractivity contribution in [3.05, 3.63) is 23.8 Å². The third kappa shape index (κ3) is 3.07. The van der Waals surface area contributed by atoms with Gasteiger partial charge in [0.05, 0.1) is 12.2 Å². The number of aryl methyl sites for hydroxylation is 1. The molecule has 0 radical (unpaired) electrons. The Morgan fingerprint density at radius 3 is 2.67 bits per heavy atom. The Morgan fingerprint density at radius 1 is 1.48 bits per heavy atom. The van der Waals surface area contributed by atoms with Gasteiger partial charge in [-0.05, 0) is 44.4 Å². The highest BCUT2D eigenvalue weighted by molar-refractivity contribution is 7.89. The molecule has 0 unspecified atom stereocenters. The maximum absolute atomic E-state index is 12.9. The van der Waals surface area contributed by atoms with E-state index in [0.717, 1.165) is 5.56 Å². The number of hydrogen-bond acceptors (Lipinski definition) is 4. The number of sulfonamides is 1. The molecule has 5 nitrogen and oxygen atoms in total. The number of hydrogen-bond donors (Lipinski definition) is 1. The van der Waals surface area contributed by atoms with Crippen molar-refractivity contribution in [2.45, 2.75) is 38.2 Å². The van der Waals surface area contributed by atoms with Crippen LogP contribution in [0.4, 0.5) is 0 Å². The van der Waals surface area contributed by atoms with Gasteiger partial charge in [-0.25, -0.2) is 8.42 Å². The summed E-state index contributed by atoms with van der Waals surface area (Å²) >= 11 is 0. The smallest absolute Gasteiger partial charge is 0.246 e. The van der Waals surface area contributed by atoms with E-state index in [-0.39, 0.29) is 17.4 Å². The van der Waals surface area contributed by atoms with Crippen molar-refractivity contribution in [2.75, 3.05) is 19.7 Å². The molecule has 21 heavy (non-hydrogen) atoms. The number of β-amino-alcohol motifs (C(OH)–C–C–N with tert-alkyl or cyclic N) is 1. The summed E-state index contributed by atoms with van der Waals surface area (Å²) < 4.78 is 32.5. The van der Waals surface area contributed by atoms with Crippen LogP contribution in [0.25, 0.3) is 0 Å². The highest BCUT2D eigenvalue weighted by Gasteiger charge is 2.44. The minimum atomic E-state index is -3.67. The molecule has 1 aromatic rings. The molecule has 0 amide bonds. The van der Waals surface area contributed by atoms with E-state index in [4.69, 9.17) is 4.74 Å². The van der Waals surface area contributed by atoms with Gasteiger partial charge >= 0.3 is 0 Å². The molecule has 2 atom stereocenters. The second-order valence-electron chi connectivity index (χ2n) is 5.94. The normalized spacial score (nSPS) is 27.0. The lowest BCUT2D eigenvalue weighted by Gasteiger charge is -2.21. The maximum atomic E-state index is 12.9. The zero-order chi connectivity index (χ0) is 15.8.